The van der Waals surface area contributed by atoms with E-state index in [-0.39, 0.29) is 12.1 Å². The highest BCUT2D eigenvalue weighted by Gasteiger charge is 2.10. The molecule has 0 atom stereocenters. The fourth-order valence-corrected chi connectivity index (χ4v) is 1.76. The van der Waals surface area contributed by atoms with E-state index in [4.69, 9.17) is 17.3 Å². The minimum atomic E-state index is 0.154. The van der Waals surface area contributed by atoms with Crippen molar-refractivity contribution in [2.75, 3.05) is 17.6 Å². The maximum Gasteiger partial charge on any atom is 0.0834 e. The summed E-state index contributed by atoms with van der Waals surface area (Å²) in [6.45, 7) is 6.39. The van der Waals surface area contributed by atoms with Crippen LogP contribution in [0.5, 0.6) is 0 Å². The molecular weight excluding hydrogens is 247 g/mol. The number of rotatable bonds is 5. The van der Waals surface area contributed by atoms with Crippen molar-refractivity contribution in [3.05, 3.63) is 29.3 Å². The van der Waals surface area contributed by atoms with Crippen LogP contribution in [0, 0.1) is 0 Å². The number of hydrogen-bond donors (Lipinski definition) is 2. The summed E-state index contributed by atoms with van der Waals surface area (Å²) in [5.74, 6) is 0. The van der Waals surface area contributed by atoms with Crippen LogP contribution in [0.15, 0.2) is 29.2 Å². The summed E-state index contributed by atoms with van der Waals surface area (Å²) in [7, 11) is 0. The summed E-state index contributed by atoms with van der Waals surface area (Å²) in [6, 6.07) is 3.19. The van der Waals surface area contributed by atoms with Crippen molar-refractivity contribution in [3.8, 4) is 0 Å². The Morgan fingerprint density at radius 3 is 2.88 bits per heavy atom. The molecule has 3 N–H and O–H groups in total. The molecule has 88 valence electrons. The predicted molar refractivity (Wildman–Crippen MR) is 70.8 cm³/mol. The predicted octanol–water partition coefficient (Wildman–Crippen LogP) is 4.28. The monoisotopic (exact) mass is 260 g/mol. The zero-order chi connectivity index (χ0) is 12.1. The molecule has 16 heavy (non-hydrogen) atoms. The van der Waals surface area contributed by atoms with E-state index in [0.29, 0.717) is 27.8 Å². The first kappa shape index (κ1) is 13.2. The van der Waals surface area contributed by atoms with Gasteiger partial charge in [0.15, 0.2) is 0 Å². The molecule has 0 aliphatic rings. The minimum absolute atomic E-state index is 0.154. The Morgan fingerprint density at radius 1 is 1.62 bits per heavy atom. The van der Waals surface area contributed by atoms with Crippen molar-refractivity contribution in [3.63, 3.8) is 0 Å². The molecule has 0 saturated heterocycles. The Morgan fingerprint density at radius 2 is 2.31 bits per heavy atom. The number of hydrogen-bond acceptors (Lipinski definition) is 3. The SMILES string of the molecule is C=C(C)CCNc1c(SF)ccc(Cl)c1N. The Bertz CT molecular complexity index is 396. The zero-order valence-corrected chi connectivity index (χ0v) is 10.6. The van der Waals surface area contributed by atoms with Crippen LogP contribution in [-0.2, 0) is 0 Å². The third kappa shape index (κ3) is 3.32. The Hall–Kier alpha value is -0.870. The molecule has 1 aromatic rings. The summed E-state index contributed by atoms with van der Waals surface area (Å²) >= 11 is 6.02. The van der Waals surface area contributed by atoms with E-state index in [1.54, 1.807) is 12.1 Å². The average Bonchev–Trinajstić information content (AvgIpc) is 2.24. The largest absolute Gasteiger partial charge is 0.396 e. The lowest BCUT2D eigenvalue weighted by molar-refractivity contribution is 0.932. The van der Waals surface area contributed by atoms with Crippen LogP contribution in [0.1, 0.15) is 13.3 Å². The van der Waals surface area contributed by atoms with Crippen molar-refractivity contribution in [2.24, 2.45) is 0 Å². The highest BCUT2D eigenvalue weighted by Crippen LogP contribution is 2.37. The molecule has 0 aliphatic heterocycles. The fourth-order valence-electron chi connectivity index (χ4n) is 1.22. The Labute approximate surface area is 104 Å². The molecular formula is C11H14ClFN2S. The second-order valence-electron chi connectivity index (χ2n) is 3.55. The number of benzene rings is 1. The fraction of sp³-hybridized carbons (Fsp3) is 0.273. The lowest BCUT2D eigenvalue weighted by atomic mass is 10.2. The van der Waals surface area contributed by atoms with Crippen LogP contribution in [0.3, 0.4) is 0 Å². The summed E-state index contributed by atoms with van der Waals surface area (Å²) < 4.78 is 12.6. The van der Waals surface area contributed by atoms with Gasteiger partial charge in [-0.3, -0.25) is 0 Å². The van der Waals surface area contributed by atoms with Gasteiger partial charge in [0.25, 0.3) is 0 Å². The molecule has 0 aliphatic carbocycles. The lowest BCUT2D eigenvalue weighted by Crippen LogP contribution is -2.06. The van der Waals surface area contributed by atoms with Gasteiger partial charge in [-0.05, 0) is 25.5 Å². The topological polar surface area (TPSA) is 38.0 Å². The first-order valence-electron chi connectivity index (χ1n) is 4.81. The molecule has 1 aromatic carbocycles. The summed E-state index contributed by atoms with van der Waals surface area (Å²) in [5, 5.41) is 3.50. The molecule has 0 aromatic heterocycles. The van der Waals surface area contributed by atoms with Crippen molar-refractivity contribution in [1.82, 2.24) is 0 Å². The Balaban J connectivity index is 2.83. The van der Waals surface area contributed by atoms with Gasteiger partial charge in [0, 0.05) is 6.54 Å². The van der Waals surface area contributed by atoms with Crippen LogP contribution in [-0.4, -0.2) is 6.54 Å². The van der Waals surface area contributed by atoms with Crippen molar-refractivity contribution in [1.29, 1.82) is 0 Å². The van der Waals surface area contributed by atoms with Gasteiger partial charge in [0.1, 0.15) is 0 Å². The molecule has 5 heteroatoms. The number of nitrogen functional groups attached to an aromatic ring is 1. The first-order valence-corrected chi connectivity index (χ1v) is 5.90. The summed E-state index contributed by atoms with van der Waals surface area (Å²) in [4.78, 5) is 0.448. The second-order valence-corrected chi connectivity index (χ2v) is 4.55. The second kappa shape index (κ2) is 6.01. The van der Waals surface area contributed by atoms with Gasteiger partial charge in [-0.1, -0.05) is 17.2 Å². The van der Waals surface area contributed by atoms with Gasteiger partial charge in [0.2, 0.25) is 0 Å². The van der Waals surface area contributed by atoms with Crippen LogP contribution in [0.4, 0.5) is 15.3 Å². The van der Waals surface area contributed by atoms with E-state index >= 15 is 0 Å². The van der Waals surface area contributed by atoms with Crippen LogP contribution >= 0.6 is 23.7 Å². The normalized spacial score (nSPS) is 10.2. The molecule has 0 unspecified atom stereocenters. The van der Waals surface area contributed by atoms with Gasteiger partial charge < -0.3 is 11.1 Å². The molecule has 0 spiro atoms. The highest BCUT2D eigenvalue weighted by molar-refractivity contribution is 7.94. The van der Waals surface area contributed by atoms with E-state index in [2.05, 4.69) is 11.9 Å². The molecule has 1 rings (SSSR count). The Kier molecular flexibility index (Phi) is 4.96. The summed E-state index contributed by atoms with van der Waals surface area (Å²) in [6.07, 6.45) is 0.808. The smallest absolute Gasteiger partial charge is 0.0834 e. The molecule has 2 nitrogen and oxygen atoms in total. The number of nitrogens with two attached hydrogens (primary N) is 1. The van der Waals surface area contributed by atoms with E-state index in [0.717, 1.165) is 12.0 Å². The van der Waals surface area contributed by atoms with Crippen molar-refractivity contribution < 1.29 is 3.89 Å². The van der Waals surface area contributed by atoms with Crippen LogP contribution < -0.4 is 11.1 Å². The van der Waals surface area contributed by atoms with E-state index in [9.17, 15) is 3.89 Å². The van der Waals surface area contributed by atoms with Gasteiger partial charge in [0.05, 0.1) is 33.4 Å². The number of anilines is 2. The molecule has 0 saturated carbocycles. The molecule has 0 fully saturated rings. The number of nitrogens with one attached hydrogen (secondary N) is 1. The minimum Gasteiger partial charge on any atom is -0.396 e. The van der Waals surface area contributed by atoms with Crippen molar-refractivity contribution >= 4 is 35.1 Å². The quantitative estimate of drug-likeness (QED) is 0.613. The molecule has 0 bridgehead atoms. The average molecular weight is 261 g/mol. The third-order valence-electron chi connectivity index (χ3n) is 2.09. The zero-order valence-electron chi connectivity index (χ0n) is 9.02. The first-order chi connectivity index (χ1) is 7.56. The van der Waals surface area contributed by atoms with Crippen LogP contribution in [0.2, 0.25) is 5.02 Å². The lowest BCUT2D eigenvalue weighted by Gasteiger charge is -2.13. The van der Waals surface area contributed by atoms with Crippen LogP contribution in [0.25, 0.3) is 0 Å². The van der Waals surface area contributed by atoms with E-state index in [1.807, 2.05) is 6.92 Å². The maximum atomic E-state index is 12.6. The van der Waals surface area contributed by atoms with E-state index < -0.39 is 0 Å². The highest BCUT2D eigenvalue weighted by atomic mass is 35.5. The van der Waals surface area contributed by atoms with Gasteiger partial charge in [-0.15, -0.1) is 6.58 Å². The van der Waals surface area contributed by atoms with Gasteiger partial charge >= 0.3 is 0 Å². The third-order valence-corrected chi connectivity index (χ3v) is 2.93. The maximum absolute atomic E-state index is 12.6. The molecule has 0 radical (unpaired) electrons. The number of halogens is 2. The van der Waals surface area contributed by atoms with Gasteiger partial charge in [-0.25, -0.2) is 0 Å². The van der Waals surface area contributed by atoms with Crippen molar-refractivity contribution in [2.45, 2.75) is 18.2 Å². The molecule has 0 amide bonds. The standard InChI is InChI=1S/C11H14ClFN2S/c1-7(2)5-6-15-11-9(16-13)4-3-8(12)10(11)14/h3-4,15H,1,5-6,14H2,2H3. The van der Waals surface area contributed by atoms with E-state index in [1.165, 1.54) is 0 Å². The summed E-state index contributed by atoms with van der Waals surface area (Å²) in [5.41, 5.74) is 7.77. The molecule has 0 heterocycles. The van der Waals surface area contributed by atoms with Gasteiger partial charge in [-0.2, -0.15) is 3.89 Å².